The molecule has 0 unspecified atom stereocenters. The van der Waals surface area contributed by atoms with E-state index in [1.165, 1.54) is 0 Å². The molecule has 0 radical (unpaired) electrons. The molecule has 82 valence electrons. The molecule has 1 amide bonds. The number of rotatable bonds is 4. The third-order valence-electron chi connectivity index (χ3n) is 2.00. The Hall–Kier alpha value is -1.38. The van der Waals surface area contributed by atoms with Crippen LogP contribution >= 0.6 is 0 Å². The molecule has 0 spiro atoms. The van der Waals surface area contributed by atoms with Gasteiger partial charge >= 0.3 is 0 Å². The van der Waals surface area contributed by atoms with Crippen LogP contribution in [0.15, 0.2) is 18.3 Å². The zero-order valence-corrected chi connectivity index (χ0v) is 9.58. The number of carbonyl (C=O) groups is 1. The fraction of sp³-hybridized carbons (Fsp3) is 0.500. The van der Waals surface area contributed by atoms with E-state index in [0.717, 1.165) is 18.5 Å². The summed E-state index contributed by atoms with van der Waals surface area (Å²) < 4.78 is 0. The normalized spacial score (nSPS) is 10.4. The van der Waals surface area contributed by atoms with Crippen LogP contribution < -0.4 is 5.32 Å². The summed E-state index contributed by atoms with van der Waals surface area (Å²) >= 11 is 0. The first kappa shape index (κ1) is 11.7. The summed E-state index contributed by atoms with van der Waals surface area (Å²) in [4.78, 5) is 15.9. The highest BCUT2D eigenvalue weighted by atomic mass is 16.1. The van der Waals surface area contributed by atoms with Crippen molar-refractivity contribution in [3.63, 3.8) is 0 Å². The van der Waals surface area contributed by atoms with Gasteiger partial charge in [0, 0.05) is 23.5 Å². The second kappa shape index (κ2) is 5.49. The zero-order chi connectivity index (χ0) is 11.3. The topological polar surface area (TPSA) is 42.0 Å². The molecule has 0 aliphatic carbocycles. The number of nitrogens with zero attached hydrogens (tertiary/aromatic N) is 1. The van der Waals surface area contributed by atoms with E-state index in [-0.39, 0.29) is 11.9 Å². The van der Waals surface area contributed by atoms with Crippen LogP contribution in [-0.2, 0) is 6.42 Å². The summed E-state index contributed by atoms with van der Waals surface area (Å²) in [7, 11) is 0. The van der Waals surface area contributed by atoms with Crippen molar-refractivity contribution in [3.8, 4) is 0 Å². The molecule has 0 aromatic carbocycles. The maximum absolute atomic E-state index is 11.7. The molecule has 15 heavy (non-hydrogen) atoms. The van der Waals surface area contributed by atoms with Gasteiger partial charge in [0.05, 0.1) is 0 Å². The second-order valence-corrected chi connectivity index (χ2v) is 3.91. The van der Waals surface area contributed by atoms with E-state index in [1.54, 1.807) is 12.3 Å². The second-order valence-electron chi connectivity index (χ2n) is 3.91. The van der Waals surface area contributed by atoms with Crippen molar-refractivity contribution in [3.05, 3.63) is 29.6 Å². The Morgan fingerprint density at radius 3 is 2.87 bits per heavy atom. The van der Waals surface area contributed by atoms with Crippen LogP contribution in [-0.4, -0.2) is 16.9 Å². The Labute approximate surface area is 90.9 Å². The number of nitrogens with one attached hydrogen (secondary N) is 1. The van der Waals surface area contributed by atoms with Crippen molar-refractivity contribution in [1.29, 1.82) is 0 Å². The molecule has 0 bridgehead atoms. The van der Waals surface area contributed by atoms with Crippen LogP contribution in [0.4, 0.5) is 0 Å². The Morgan fingerprint density at radius 1 is 1.53 bits per heavy atom. The first-order chi connectivity index (χ1) is 7.13. The fourth-order valence-corrected chi connectivity index (χ4v) is 1.36. The summed E-state index contributed by atoms with van der Waals surface area (Å²) in [6.07, 6.45) is 3.66. The molecule has 0 saturated carbocycles. The standard InChI is InChI=1S/C12H18N2O/c1-4-5-11-8-10(6-7-13-11)12(15)14-9(2)3/h6-9H,4-5H2,1-3H3,(H,14,15). The summed E-state index contributed by atoms with van der Waals surface area (Å²) in [6.45, 7) is 6.00. The predicted octanol–water partition coefficient (Wildman–Crippen LogP) is 2.17. The van der Waals surface area contributed by atoms with Gasteiger partial charge in [-0.05, 0) is 32.4 Å². The average molecular weight is 206 g/mol. The van der Waals surface area contributed by atoms with Gasteiger partial charge in [-0.2, -0.15) is 0 Å². The number of amides is 1. The molecular weight excluding hydrogens is 188 g/mol. The lowest BCUT2D eigenvalue weighted by atomic mass is 10.1. The highest BCUT2D eigenvalue weighted by Crippen LogP contribution is 2.04. The van der Waals surface area contributed by atoms with E-state index in [9.17, 15) is 4.79 Å². The van der Waals surface area contributed by atoms with Crippen LogP contribution in [0.1, 0.15) is 43.2 Å². The molecule has 3 nitrogen and oxygen atoms in total. The molecule has 1 N–H and O–H groups in total. The SMILES string of the molecule is CCCc1cc(C(=O)NC(C)C)ccn1. The highest BCUT2D eigenvalue weighted by Gasteiger charge is 2.07. The third-order valence-corrected chi connectivity index (χ3v) is 2.00. The average Bonchev–Trinajstić information content (AvgIpc) is 2.17. The van der Waals surface area contributed by atoms with E-state index in [1.807, 2.05) is 19.9 Å². The van der Waals surface area contributed by atoms with Gasteiger partial charge in [-0.1, -0.05) is 13.3 Å². The fourth-order valence-electron chi connectivity index (χ4n) is 1.36. The third kappa shape index (κ3) is 3.70. The van der Waals surface area contributed by atoms with E-state index < -0.39 is 0 Å². The van der Waals surface area contributed by atoms with E-state index in [2.05, 4.69) is 17.2 Å². The maximum Gasteiger partial charge on any atom is 0.251 e. The summed E-state index contributed by atoms with van der Waals surface area (Å²) in [6, 6.07) is 3.78. The quantitative estimate of drug-likeness (QED) is 0.820. The lowest BCUT2D eigenvalue weighted by Gasteiger charge is -2.08. The minimum atomic E-state index is -0.0234. The number of hydrogen-bond acceptors (Lipinski definition) is 2. The zero-order valence-electron chi connectivity index (χ0n) is 9.58. The highest BCUT2D eigenvalue weighted by molar-refractivity contribution is 5.94. The van der Waals surface area contributed by atoms with Gasteiger partial charge in [-0.15, -0.1) is 0 Å². The minimum absolute atomic E-state index is 0.0234. The number of hydrogen-bond donors (Lipinski definition) is 1. The van der Waals surface area contributed by atoms with Crippen molar-refractivity contribution in [1.82, 2.24) is 10.3 Å². The van der Waals surface area contributed by atoms with Crippen molar-refractivity contribution in [2.75, 3.05) is 0 Å². The Balaban J connectivity index is 2.76. The van der Waals surface area contributed by atoms with Gasteiger partial charge in [0.15, 0.2) is 0 Å². The lowest BCUT2D eigenvalue weighted by Crippen LogP contribution is -2.30. The van der Waals surface area contributed by atoms with Crippen LogP contribution in [0.5, 0.6) is 0 Å². The molecule has 1 heterocycles. The number of aromatic nitrogens is 1. The minimum Gasteiger partial charge on any atom is -0.350 e. The Bertz CT molecular complexity index is 334. The summed E-state index contributed by atoms with van der Waals surface area (Å²) in [5.41, 5.74) is 1.68. The van der Waals surface area contributed by atoms with Gasteiger partial charge in [-0.25, -0.2) is 0 Å². The van der Waals surface area contributed by atoms with Crippen LogP contribution in [0.25, 0.3) is 0 Å². The monoisotopic (exact) mass is 206 g/mol. The molecule has 1 rings (SSSR count). The molecule has 3 heteroatoms. The molecule has 0 saturated heterocycles. The Kier molecular flexibility index (Phi) is 4.28. The van der Waals surface area contributed by atoms with Gasteiger partial charge in [-0.3, -0.25) is 9.78 Å². The van der Waals surface area contributed by atoms with Crippen molar-refractivity contribution < 1.29 is 4.79 Å². The molecular formula is C12H18N2O. The molecule has 0 fully saturated rings. The smallest absolute Gasteiger partial charge is 0.251 e. The summed E-state index contributed by atoms with van der Waals surface area (Å²) in [5.74, 6) is -0.0234. The van der Waals surface area contributed by atoms with Gasteiger partial charge in [0.2, 0.25) is 0 Å². The number of pyridine rings is 1. The first-order valence-electron chi connectivity index (χ1n) is 5.39. The Morgan fingerprint density at radius 2 is 2.27 bits per heavy atom. The molecule has 0 atom stereocenters. The molecule has 1 aromatic rings. The molecule has 0 aliphatic rings. The van der Waals surface area contributed by atoms with Gasteiger partial charge in [0.1, 0.15) is 0 Å². The first-order valence-corrected chi connectivity index (χ1v) is 5.39. The largest absolute Gasteiger partial charge is 0.350 e. The van der Waals surface area contributed by atoms with Crippen LogP contribution in [0.2, 0.25) is 0 Å². The predicted molar refractivity (Wildman–Crippen MR) is 60.8 cm³/mol. The van der Waals surface area contributed by atoms with Gasteiger partial charge < -0.3 is 5.32 Å². The van der Waals surface area contributed by atoms with E-state index >= 15 is 0 Å². The molecule has 1 aromatic heterocycles. The van der Waals surface area contributed by atoms with Crippen molar-refractivity contribution in [2.24, 2.45) is 0 Å². The number of aryl methyl sites for hydroxylation is 1. The summed E-state index contributed by atoms with van der Waals surface area (Å²) in [5, 5.41) is 2.86. The lowest BCUT2D eigenvalue weighted by molar-refractivity contribution is 0.0943. The van der Waals surface area contributed by atoms with Crippen LogP contribution in [0, 0.1) is 0 Å². The van der Waals surface area contributed by atoms with Crippen LogP contribution in [0.3, 0.4) is 0 Å². The molecule has 0 aliphatic heterocycles. The van der Waals surface area contributed by atoms with Crippen molar-refractivity contribution in [2.45, 2.75) is 39.7 Å². The number of carbonyl (C=O) groups excluding carboxylic acids is 1. The van der Waals surface area contributed by atoms with E-state index in [4.69, 9.17) is 0 Å². The van der Waals surface area contributed by atoms with Gasteiger partial charge in [0.25, 0.3) is 5.91 Å². The maximum atomic E-state index is 11.7. The van der Waals surface area contributed by atoms with E-state index in [0.29, 0.717) is 5.56 Å². The van der Waals surface area contributed by atoms with Crippen molar-refractivity contribution >= 4 is 5.91 Å².